The Morgan fingerprint density at radius 2 is 1.58 bits per heavy atom. The van der Waals surface area contributed by atoms with Crippen molar-refractivity contribution in [1.82, 2.24) is 0 Å². The molecule has 0 aliphatic rings. The maximum atomic E-state index is 6.13. The Bertz CT molecular complexity index is 526. The van der Waals surface area contributed by atoms with Crippen LogP contribution in [0.15, 0.2) is 48.5 Å². The predicted octanol–water partition coefficient (Wildman–Crippen LogP) is 4.07. The number of rotatable bonds is 5. The third-order valence-electron chi connectivity index (χ3n) is 3.17. The maximum Gasteiger partial charge on any atom is 0.161 e. The summed E-state index contributed by atoms with van der Waals surface area (Å²) in [6.45, 7) is 0. The van der Waals surface area contributed by atoms with Crippen LogP contribution in [0.1, 0.15) is 17.0 Å². The molecule has 0 saturated heterocycles. The van der Waals surface area contributed by atoms with E-state index in [-0.39, 0.29) is 5.92 Å². The highest BCUT2D eigenvalue weighted by Gasteiger charge is 2.15. The average molecular weight is 277 g/mol. The first kappa shape index (κ1) is 13.8. The van der Waals surface area contributed by atoms with E-state index in [1.807, 2.05) is 36.4 Å². The minimum absolute atomic E-state index is 0.155. The minimum atomic E-state index is 0.155. The van der Waals surface area contributed by atoms with Crippen LogP contribution in [0.25, 0.3) is 0 Å². The summed E-state index contributed by atoms with van der Waals surface area (Å²) < 4.78 is 10.6. The molecule has 2 nitrogen and oxygen atoms in total. The molecule has 1 unspecified atom stereocenters. The zero-order valence-electron chi connectivity index (χ0n) is 11.1. The highest BCUT2D eigenvalue weighted by Crippen LogP contribution is 2.33. The molecule has 2 aromatic carbocycles. The van der Waals surface area contributed by atoms with Crippen molar-refractivity contribution >= 4 is 11.6 Å². The van der Waals surface area contributed by atoms with Crippen LogP contribution in [-0.4, -0.2) is 20.1 Å². The molecule has 19 heavy (non-hydrogen) atoms. The molecular weight excluding hydrogens is 260 g/mol. The summed E-state index contributed by atoms with van der Waals surface area (Å²) in [4.78, 5) is 0. The molecule has 1 atom stereocenters. The predicted molar refractivity (Wildman–Crippen MR) is 78.6 cm³/mol. The van der Waals surface area contributed by atoms with Crippen molar-refractivity contribution in [3.63, 3.8) is 0 Å². The lowest BCUT2D eigenvalue weighted by molar-refractivity contribution is 0.354. The van der Waals surface area contributed by atoms with E-state index < -0.39 is 0 Å². The van der Waals surface area contributed by atoms with Gasteiger partial charge in [0.25, 0.3) is 0 Å². The second-order valence-corrected chi connectivity index (χ2v) is 4.54. The van der Waals surface area contributed by atoms with E-state index in [9.17, 15) is 0 Å². The average Bonchev–Trinajstić information content (AvgIpc) is 2.49. The number of halogens is 1. The van der Waals surface area contributed by atoms with Gasteiger partial charge in [-0.2, -0.15) is 0 Å². The van der Waals surface area contributed by atoms with E-state index in [4.69, 9.17) is 21.1 Å². The summed E-state index contributed by atoms with van der Waals surface area (Å²) in [6, 6.07) is 16.2. The van der Waals surface area contributed by atoms with Crippen molar-refractivity contribution in [3.8, 4) is 11.5 Å². The standard InChI is InChI=1S/C16H17ClO2/c1-18-15-9-8-13(10-16(15)19-2)14(11-17)12-6-4-3-5-7-12/h3-10,14H,11H2,1-2H3. The van der Waals surface area contributed by atoms with Gasteiger partial charge >= 0.3 is 0 Å². The maximum absolute atomic E-state index is 6.13. The summed E-state index contributed by atoms with van der Waals surface area (Å²) >= 11 is 6.13. The van der Waals surface area contributed by atoms with E-state index >= 15 is 0 Å². The number of benzene rings is 2. The molecule has 3 heteroatoms. The van der Waals surface area contributed by atoms with Gasteiger partial charge in [-0.3, -0.25) is 0 Å². The van der Waals surface area contributed by atoms with Crippen molar-refractivity contribution in [2.75, 3.05) is 20.1 Å². The lowest BCUT2D eigenvalue weighted by atomic mass is 9.93. The Hall–Kier alpha value is -1.67. The van der Waals surface area contributed by atoms with Gasteiger partial charge < -0.3 is 9.47 Å². The number of hydrogen-bond donors (Lipinski definition) is 0. The van der Waals surface area contributed by atoms with Crippen molar-refractivity contribution in [2.45, 2.75) is 5.92 Å². The van der Waals surface area contributed by atoms with Crippen LogP contribution >= 0.6 is 11.6 Å². The minimum Gasteiger partial charge on any atom is -0.493 e. The van der Waals surface area contributed by atoms with Gasteiger partial charge in [-0.05, 0) is 23.3 Å². The van der Waals surface area contributed by atoms with Gasteiger partial charge in [0.1, 0.15) is 0 Å². The van der Waals surface area contributed by atoms with Gasteiger partial charge in [-0.25, -0.2) is 0 Å². The first-order valence-corrected chi connectivity index (χ1v) is 6.66. The molecule has 0 aliphatic heterocycles. The van der Waals surface area contributed by atoms with Crippen molar-refractivity contribution in [1.29, 1.82) is 0 Å². The SMILES string of the molecule is COc1ccc(C(CCl)c2ccccc2)cc1OC. The Balaban J connectivity index is 2.39. The highest BCUT2D eigenvalue weighted by atomic mass is 35.5. The molecule has 0 saturated carbocycles. The van der Waals surface area contributed by atoms with Crippen molar-refractivity contribution in [2.24, 2.45) is 0 Å². The van der Waals surface area contributed by atoms with Crippen LogP contribution in [0.4, 0.5) is 0 Å². The molecule has 0 spiro atoms. The van der Waals surface area contributed by atoms with E-state index in [2.05, 4.69) is 12.1 Å². The van der Waals surface area contributed by atoms with Crippen LogP contribution in [0, 0.1) is 0 Å². The monoisotopic (exact) mass is 276 g/mol. The van der Waals surface area contributed by atoms with E-state index in [1.54, 1.807) is 14.2 Å². The third kappa shape index (κ3) is 3.02. The number of alkyl halides is 1. The largest absolute Gasteiger partial charge is 0.493 e. The Morgan fingerprint density at radius 1 is 0.895 bits per heavy atom. The van der Waals surface area contributed by atoms with Gasteiger partial charge in [0.15, 0.2) is 11.5 Å². The summed E-state index contributed by atoms with van der Waals surface area (Å²) in [7, 11) is 3.27. The molecule has 2 aromatic rings. The highest BCUT2D eigenvalue weighted by molar-refractivity contribution is 6.18. The van der Waals surface area contributed by atoms with Crippen LogP contribution in [-0.2, 0) is 0 Å². The zero-order chi connectivity index (χ0) is 13.7. The molecular formula is C16H17ClO2. The van der Waals surface area contributed by atoms with Crippen LogP contribution in [0.2, 0.25) is 0 Å². The fourth-order valence-corrected chi connectivity index (χ4v) is 2.48. The molecule has 0 amide bonds. The number of methoxy groups -OCH3 is 2. The number of ether oxygens (including phenoxy) is 2. The van der Waals surface area contributed by atoms with Crippen LogP contribution in [0.5, 0.6) is 11.5 Å². The van der Waals surface area contributed by atoms with Gasteiger partial charge in [-0.1, -0.05) is 36.4 Å². The molecule has 0 aliphatic carbocycles. The van der Waals surface area contributed by atoms with E-state index in [0.29, 0.717) is 5.88 Å². The molecule has 0 fully saturated rings. The first-order valence-electron chi connectivity index (χ1n) is 6.13. The van der Waals surface area contributed by atoms with Gasteiger partial charge in [0, 0.05) is 11.8 Å². The molecule has 0 bridgehead atoms. The summed E-state index contributed by atoms with van der Waals surface area (Å²) in [5.74, 6) is 2.14. The normalized spacial score (nSPS) is 11.9. The topological polar surface area (TPSA) is 18.5 Å². The van der Waals surface area contributed by atoms with Crippen molar-refractivity contribution < 1.29 is 9.47 Å². The molecule has 100 valence electrons. The number of hydrogen-bond acceptors (Lipinski definition) is 2. The lowest BCUT2D eigenvalue weighted by Crippen LogP contribution is -2.03. The molecule has 0 radical (unpaired) electrons. The second-order valence-electron chi connectivity index (χ2n) is 4.23. The Kier molecular flexibility index (Phi) is 4.69. The first-order chi connectivity index (χ1) is 9.30. The lowest BCUT2D eigenvalue weighted by Gasteiger charge is -2.17. The van der Waals surface area contributed by atoms with Gasteiger partial charge in [-0.15, -0.1) is 11.6 Å². The molecule has 0 heterocycles. The summed E-state index contributed by atoms with van der Waals surface area (Å²) in [5, 5.41) is 0. The third-order valence-corrected chi connectivity index (χ3v) is 3.47. The summed E-state index contributed by atoms with van der Waals surface area (Å²) in [6.07, 6.45) is 0. The fourth-order valence-electron chi connectivity index (χ4n) is 2.13. The summed E-state index contributed by atoms with van der Waals surface area (Å²) in [5.41, 5.74) is 2.32. The van der Waals surface area contributed by atoms with Crippen LogP contribution < -0.4 is 9.47 Å². The molecule has 2 rings (SSSR count). The zero-order valence-corrected chi connectivity index (χ0v) is 11.9. The van der Waals surface area contributed by atoms with E-state index in [1.165, 1.54) is 5.56 Å². The fraction of sp³-hybridized carbons (Fsp3) is 0.250. The molecule has 0 aromatic heterocycles. The second kappa shape index (κ2) is 6.48. The van der Waals surface area contributed by atoms with Crippen LogP contribution in [0.3, 0.4) is 0 Å². The van der Waals surface area contributed by atoms with Gasteiger partial charge in [0.2, 0.25) is 0 Å². The van der Waals surface area contributed by atoms with Gasteiger partial charge in [0.05, 0.1) is 14.2 Å². The van der Waals surface area contributed by atoms with E-state index in [0.717, 1.165) is 17.1 Å². The van der Waals surface area contributed by atoms with Crippen molar-refractivity contribution in [3.05, 3.63) is 59.7 Å². The Morgan fingerprint density at radius 3 is 2.16 bits per heavy atom. The quantitative estimate of drug-likeness (QED) is 0.766. The smallest absolute Gasteiger partial charge is 0.161 e. The molecule has 0 N–H and O–H groups in total. The Labute approximate surface area is 118 Å².